The van der Waals surface area contributed by atoms with Crippen molar-refractivity contribution >= 4 is 17.3 Å². The fourth-order valence-corrected chi connectivity index (χ4v) is 2.00. The maximum Gasteiger partial charge on any atom is 0.261 e. The SMILES string of the molecule is Nc1cc2c(cc1NC(=O)c1c[nH]ccc1=O)OCCO2. The summed E-state index contributed by atoms with van der Waals surface area (Å²) in [6, 6.07) is 4.44. The zero-order chi connectivity index (χ0) is 14.8. The lowest BCUT2D eigenvalue weighted by atomic mass is 10.2. The van der Waals surface area contributed by atoms with Gasteiger partial charge < -0.3 is 25.5 Å². The molecule has 4 N–H and O–H groups in total. The van der Waals surface area contributed by atoms with Gasteiger partial charge in [0.05, 0.1) is 11.4 Å². The second-order valence-electron chi connectivity index (χ2n) is 4.46. The summed E-state index contributed by atoms with van der Waals surface area (Å²) in [5.74, 6) is 0.502. The Morgan fingerprint density at radius 3 is 2.67 bits per heavy atom. The van der Waals surface area contributed by atoms with Gasteiger partial charge in [0, 0.05) is 30.6 Å². The van der Waals surface area contributed by atoms with E-state index in [4.69, 9.17) is 15.2 Å². The molecule has 7 heteroatoms. The van der Waals surface area contributed by atoms with Gasteiger partial charge in [0.1, 0.15) is 18.8 Å². The summed E-state index contributed by atoms with van der Waals surface area (Å²) >= 11 is 0. The van der Waals surface area contributed by atoms with Crippen LogP contribution in [0.25, 0.3) is 0 Å². The number of aromatic amines is 1. The third-order valence-electron chi connectivity index (χ3n) is 3.03. The molecule has 1 aromatic carbocycles. The van der Waals surface area contributed by atoms with Crippen molar-refractivity contribution in [1.29, 1.82) is 0 Å². The fraction of sp³-hybridized carbons (Fsp3) is 0.143. The molecular formula is C14H13N3O4. The van der Waals surface area contributed by atoms with E-state index in [1.165, 1.54) is 18.5 Å². The van der Waals surface area contributed by atoms with E-state index in [1.807, 2.05) is 0 Å². The van der Waals surface area contributed by atoms with Crippen LogP contribution in [0.1, 0.15) is 10.4 Å². The monoisotopic (exact) mass is 287 g/mol. The van der Waals surface area contributed by atoms with Crippen LogP contribution in [0.3, 0.4) is 0 Å². The number of carbonyl (C=O) groups is 1. The van der Waals surface area contributed by atoms with Gasteiger partial charge in [-0.25, -0.2) is 0 Å². The number of pyridine rings is 1. The predicted molar refractivity (Wildman–Crippen MR) is 76.9 cm³/mol. The Morgan fingerprint density at radius 2 is 1.95 bits per heavy atom. The van der Waals surface area contributed by atoms with E-state index in [0.717, 1.165) is 0 Å². The summed E-state index contributed by atoms with van der Waals surface area (Å²) in [4.78, 5) is 26.4. The first-order chi connectivity index (χ1) is 10.1. The molecule has 0 radical (unpaired) electrons. The molecule has 2 heterocycles. The van der Waals surface area contributed by atoms with Crippen molar-refractivity contribution in [1.82, 2.24) is 4.98 Å². The summed E-state index contributed by atoms with van der Waals surface area (Å²) in [6.45, 7) is 0.889. The van der Waals surface area contributed by atoms with Crippen LogP contribution in [0.5, 0.6) is 11.5 Å². The topological polar surface area (TPSA) is 106 Å². The lowest BCUT2D eigenvalue weighted by molar-refractivity contribution is 0.102. The zero-order valence-corrected chi connectivity index (χ0v) is 11.0. The van der Waals surface area contributed by atoms with E-state index in [9.17, 15) is 9.59 Å². The van der Waals surface area contributed by atoms with E-state index in [1.54, 1.807) is 12.1 Å². The van der Waals surface area contributed by atoms with Crippen LogP contribution < -0.4 is 26.0 Å². The Bertz CT molecular complexity index is 754. The molecule has 3 rings (SSSR count). The third-order valence-corrected chi connectivity index (χ3v) is 3.03. The average Bonchev–Trinajstić information content (AvgIpc) is 2.48. The van der Waals surface area contributed by atoms with Crippen molar-refractivity contribution in [2.75, 3.05) is 24.3 Å². The van der Waals surface area contributed by atoms with E-state index >= 15 is 0 Å². The Labute approximate surface area is 119 Å². The Morgan fingerprint density at radius 1 is 1.24 bits per heavy atom. The van der Waals surface area contributed by atoms with E-state index in [0.29, 0.717) is 36.1 Å². The average molecular weight is 287 g/mol. The summed E-state index contributed by atoms with van der Waals surface area (Å²) in [6.07, 6.45) is 2.80. The molecule has 2 aromatic rings. The van der Waals surface area contributed by atoms with Crippen molar-refractivity contribution < 1.29 is 14.3 Å². The highest BCUT2D eigenvalue weighted by atomic mass is 16.6. The minimum atomic E-state index is -0.541. The number of fused-ring (bicyclic) bond motifs is 1. The largest absolute Gasteiger partial charge is 0.486 e. The van der Waals surface area contributed by atoms with Crippen molar-refractivity contribution in [2.24, 2.45) is 0 Å². The first kappa shape index (κ1) is 13.0. The quantitative estimate of drug-likeness (QED) is 0.714. The smallest absolute Gasteiger partial charge is 0.261 e. The third kappa shape index (κ3) is 2.53. The highest BCUT2D eigenvalue weighted by Gasteiger charge is 2.17. The van der Waals surface area contributed by atoms with Crippen LogP contribution in [0.2, 0.25) is 0 Å². The molecule has 0 unspecified atom stereocenters. The molecule has 0 bridgehead atoms. The second kappa shape index (κ2) is 5.20. The Balaban J connectivity index is 1.90. The van der Waals surface area contributed by atoms with Gasteiger partial charge >= 0.3 is 0 Å². The normalized spacial score (nSPS) is 12.8. The zero-order valence-electron chi connectivity index (χ0n) is 11.0. The molecule has 0 aliphatic carbocycles. The van der Waals surface area contributed by atoms with E-state index < -0.39 is 5.91 Å². The maximum absolute atomic E-state index is 12.1. The molecule has 0 saturated carbocycles. The van der Waals surface area contributed by atoms with Crippen molar-refractivity contribution in [2.45, 2.75) is 0 Å². The first-order valence-electron chi connectivity index (χ1n) is 6.33. The number of hydrogen-bond donors (Lipinski definition) is 3. The number of H-pyrrole nitrogens is 1. The van der Waals surface area contributed by atoms with Crippen LogP contribution >= 0.6 is 0 Å². The second-order valence-corrected chi connectivity index (χ2v) is 4.46. The molecule has 1 aromatic heterocycles. The number of aromatic nitrogens is 1. The number of benzene rings is 1. The summed E-state index contributed by atoms with van der Waals surface area (Å²) in [5.41, 5.74) is 6.21. The molecule has 7 nitrogen and oxygen atoms in total. The molecular weight excluding hydrogens is 274 g/mol. The molecule has 108 valence electrons. The van der Waals surface area contributed by atoms with E-state index in [-0.39, 0.29) is 11.0 Å². The molecule has 1 aliphatic rings. The lowest BCUT2D eigenvalue weighted by Gasteiger charge is -2.20. The van der Waals surface area contributed by atoms with Crippen LogP contribution in [0.4, 0.5) is 11.4 Å². The molecule has 0 saturated heterocycles. The maximum atomic E-state index is 12.1. The van der Waals surface area contributed by atoms with Crippen LogP contribution in [-0.2, 0) is 0 Å². The number of ether oxygens (including phenoxy) is 2. The molecule has 1 amide bonds. The molecule has 0 atom stereocenters. The van der Waals surface area contributed by atoms with Crippen molar-refractivity contribution in [3.05, 3.63) is 46.4 Å². The van der Waals surface area contributed by atoms with Gasteiger partial charge in [0.25, 0.3) is 5.91 Å². The highest BCUT2D eigenvalue weighted by molar-refractivity contribution is 6.05. The standard InChI is InChI=1S/C14H13N3O4/c15-9-5-12-13(21-4-3-20-12)6-10(9)17-14(19)8-7-16-2-1-11(8)18/h1-2,5-7H,3-4,15H2,(H,16,18)(H,17,19). The van der Waals surface area contributed by atoms with Gasteiger partial charge in [-0.05, 0) is 0 Å². The number of carbonyl (C=O) groups excluding carboxylic acids is 1. The minimum absolute atomic E-state index is 0.00629. The van der Waals surface area contributed by atoms with Gasteiger partial charge in [0.15, 0.2) is 16.9 Å². The van der Waals surface area contributed by atoms with Crippen molar-refractivity contribution in [3.63, 3.8) is 0 Å². The fourth-order valence-electron chi connectivity index (χ4n) is 2.00. The summed E-state index contributed by atoms with van der Waals surface area (Å²) < 4.78 is 10.8. The highest BCUT2D eigenvalue weighted by Crippen LogP contribution is 2.36. The number of amides is 1. The Kier molecular flexibility index (Phi) is 3.23. The molecule has 1 aliphatic heterocycles. The van der Waals surface area contributed by atoms with Crippen LogP contribution in [-0.4, -0.2) is 24.1 Å². The molecule has 0 fully saturated rings. The van der Waals surface area contributed by atoms with Gasteiger partial charge in [-0.3, -0.25) is 9.59 Å². The van der Waals surface area contributed by atoms with Crippen molar-refractivity contribution in [3.8, 4) is 11.5 Å². The van der Waals surface area contributed by atoms with Crippen LogP contribution in [0, 0.1) is 0 Å². The van der Waals surface area contributed by atoms with Gasteiger partial charge in [0.2, 0.25) is 0 Å². The number of nitrogens with two attached hydrogens (primary N) is 1. The number of nitrogens with one attached hydrogen (secondary N) is 2. The van der Waals surface area contributed by atoms with Gasteiger partial charge in [-0.1, -0.05) is 0 Å². The number of rotatable bonds is 2. The van der Waals surface area contributed by atoms with Crippen LogP contribution in [0.15, 0.2) is 35.4 Å². The number of hydrogen-bond acceptors (Lipinski definition) is 5. The number of anilines is 2. The van der Waals surface area contributed by atoms with Gasteiger partial charge in [-0.15, -0.1) is 0 Å². The van der Waals surface area contributed by atoms with Gasteiger partial charge in [-0.2, -0.15) is 0 Å². The molecule has 0 spiro atoms. The Hall–Kier alpha value is -2.96. The molecule has 21 heavy (non-hydrogen) atoms. The summed E-state index contributed by atoms with van der Waals surface area (Å²) in [5, 5.41) is 2.60. The predicted octanol–water partition coefficient (Wildman–Crippen LogP) is 0.981. The minimum Gasteiger partial charge on any atom is -0.486 e. The summed E-state index contributed by atoms with van der Waals surface area (Å²) in [7, 11) is 0. The van der Waals surface area contributed by atoms with E-state index in [2.05, 4.69) is 10.3 Å². The number of nitrogen functional groups attached to an aromatic ring is 1. The first-order valence-corrected chi connectivity index (χ1v) is 6.33. The lowest BCUT2D eigenvalue weighted by Crippen LogP contribution is -2.22.